The predicted octanol–water partition coefficient (Wildman–Crippen LogP) is 5.15. The van der Waals surface area contributed by atoms with E-state index in [0.717, 1.165) is 12.1 Å². The Morgan fingerprint density at radius 1 is 1.20 bits per heavy atom. The number of rotatable bonds is 5. The molecular formula is C19H18FN3OS. The van der Waals surface area contributed by atoms with E-state index in [-0.39, 0.29) is 5.91 Å². The summed E-state index contributed by atoms with van der Waals surface area (Å²) < 4.78 is 13.2. The third-order valence-electron chi connectivity index (χ3n) is 3.73. The molecule has 0 aliphatic carbocycles. The number of carbonyl (C=O) groups is 1. The molecule has 6 heteroatoms. The van der Waals surface area contributed by atoms with Gasteiger partial charge in [-0.1, -0.05) is 42.5 Å². The minimum atomic E-state index is -0.391. The van der Waals surface area contributed by atoms with Crippen LogP contribution in [0.15, 0.2) is 48.5 Å². The molecule has 25 heavy (non-hydrogen) atoms. The van der Waals surface area contributed by atoms with Gasteiger partial charge in [0.05, 0.1) is 5.69 Å². The number of para-hydroxylation sites is 1. The summed E-state index contributed by atoms with van der Waals surface area (Å²) >= 11 is 1.28. The highest BCUT2D eigenvalue weighted by atomic mass is 32.1. The summed E-state index contributed by atoms with van der Waals surface area (Å²) in [6.45, 7) is 3.87. The number of anilines is 3. The van der Waals surface area contributed by atoms with Gasteiger partial charge < -0.3 is 10.6 Å². The zero-order valence-corrected chi connectivity index (χ0v) is 14.8. The fourth-order valence-electron chi connectivity index (χ4n) is 2.48. The molecule has 3 aromatic rings. The van der Waals surface area contributed by atoms with Gasteiger partial charge in [0.2, 0.25) is 0 Å². The maximum absolute atomic E-state index is 13.2. The van der Waals surface area contributed by atoms with Crippen LogP contribution in [0, 0.1) is 12.7 Å². The quantitative estimate of drug-likeness (QED) is 0.665. The predicted molar refractivity (Wildman–Crippen MR) is 100 cm³/mol. The summed E-state index contributed by atoms with van der Waals surface area (Å²) in [5, 5.41) is 6.64. The molecular weight excluding hydrogens is 337 g/mol. The minimum absolute atomic E-state index is 0.294. The van der Waals surface area contributed by atoms with Crippen LogP contribution in [0.2, 0.25) is 0 Å². The molecule has 0 radical (unpaired) electrons. The number of aromatic nitrogens is 1. The van der Waals surface area contributed by atoms with Crippen LogP contribution in [-0.2, 0) is 6.42 Å². The summed E-state index contributed by atoms with van der Waals surface area (Å²) in [4.78, 5) is 17.4. The molecule has 3 rings (SSSR count). The lowest BCUT2D eigenvalue weighted by atomic mass is 10.1. The maximum Gasteiger partial charge on any atom is 0.267 e. The van der Waals surface area contributed by atoms with Gasteiger partial charge in [-0.15, -0.1) is 0 Å². The van der Waals surface area contributed by atoms with Crippen LogP contribution in [0.25, 0.3) is 0 Å². The lowest BCUT2D eigenvalue weighted by Gasteiger charge is -2.07. The van der Waals surface area contributed by atoms with E-state index in [0.29, 0.717) is 21.4 Å². The number of nitrogens with zero attached hydrogens (tertiary/aromatic N) is 1. The average Bonchev–Trinajstić information content (AvgIpc) is 2.96. The van der Waals surface area contributed by atoms with Gasteiger partial charge in [-0.25, -0.2) is 9.37 Å². The first-order valence-corrected chi connectivity index (χ1v) is 8.77. The molecule has 0 unspecified atom stereocenters. The minimum Gasteiger partial charge on any atom is -0.331 e. The monoisotopic (exact) mass is 355 g/mol. The third kappa shape index (κ3) is 4.03. The molecule has 2 aromatic carbocycles. The van der Waals surface area contributed by atoms with Gasteiger partial charge in [-0.2, -0.15) is 0 Å². The Balaban J connectivity index is 1.79. The van der Waals surface area contributed by atoms with Crippen LogP contribution >= 0.6 is 11.3 Å². The zero-order chi connectivity index (χ0) is 17.8. The second-order valence-corrected chi connectivity index (χ2v) is 6.53. The van der Waals surface area contributed by atoms with E-state index in [1.165, 1.54) is 29.0 Å². The van der Waals surface area contributed by atoms with Crippen LogP contribution in [-0.4, -0.2) is 10.9 Å². The lowest BCUT2D eigenvalue weighted by molar-refractivity contribution is 0.103. The van der Waals surface area contributed by atoms with Crippen molar-refractivity contribution in [2.75, 3.05) is 10.6 Å². The lowest BCUT2D eigenvalue weighted by Crippen LogP contribution is -2.11. The molecule has 128 valence electrons. The van der Waals surface area contributed by atoms with E-state index in [2.05, 4.69) is 28.6 Å². The number of hydrogen-bond acceptors (Lipinski definition) is 4. The molecule has 0 fully saturated rings. The molecule has 0 aliphatic rings. The molecule has 0 saturated heterocycles. The van der Waals surface area contributed by atoms with Crippen molar-refractivity contribution in [3.05, 3.63) is 70.5 Å². The number of thiazole rings is 1. The molecule has 1 aromatic heterocycles. The van der Waals surface area contributed by atoms with Gasteiger partial charge in [-0.05, 0) is 43.2 Å². The first-order valence-electron chi connectivity index (χ1n) is 7.96. The second kappa shape index (κ2) is 7.44. The number of halogens is 1. The number of amides is 1. The number of nitrogens with one attached hydrogen (secondary N) is 2. The number of aryl methyl sites for hydroxylation is 2. The number of benzene rings is 2. The molecule has 1 amide bonds. The van der Waals surface area contributed by atoms with Crippen molar-refractivity contribution in [2.45, 2.75) is 20.3 Å². The Morgan fingerprint density at radius 2 is 2.00 bits per heavy atom. The second-order valence-electron chi connectivity index (χ2n) is 5.53. The Labute approximate surface area is 149 Å². The van der Waals surface area contributed by atoms with Crippen molar-refractivity contribution in [2.24, 2.45) is 0 Å². The van der Waals surface area contributed by atoms with Crippen molar-refractivity contribution in [1.29, 1.82) is 0 Å². The van der Waals surface area contributed by atoms with Crippen LogP contribution in [0.4, 0.5) is 20.9 Å². The van der Waals surface area contributed by atoms with Crippen LogP contribution < -0.4 is 10.6 Å². The fourth-order valence-corrected chi connectivity index (χ4v) is 3.35. The largest absolute Gasteiger partial charge is 0.331 e. The van der Waals surface area contributed by atoms with Gasteiger partial charge in [0.25, 0.3) is 5.91 Å². The molecule has 0 spiro atoms. The topological polar surface area (TPSA) is 54.0 Å². The van der Waals surface area contributed by atoms with E-state index >= 15 is 0 Å². The van der Waals surface area contributed by atoms with E-state index in [1.807, 2.05) is 18.2 Å². The van der Waals surface area contributed by atoms with Crippen LogP contribution in [0.1, 0.15) is 27.9 Å². The first-order chi connectivity index (χ1) is 12.1. The molecule has 1 heterocycles. The SMILES string of the molecule is CCc1ccccc1Nc1nc(C)c(C(=O)Nc2cccc(F)c2)s1. The molecule has 0 saturated carbocycles. The van der Waals surface area contributed by atoms with Crippen molar-refractivity contribution < 1.29 is 9.18 Å². The van der Waals surface area contributed by atoms with Crippen molar-refractivity contribution in [3.63, 3.8) is 0 Å². The standard InChI is InChI=1S/C19H18FN3OS/c1-3-13-7-4-5-10-16(13)23-19-21-12(2)17(25-19)18(24)22-15-9-6-8-14(20)11-15/h4-11H,3H2,1-2H3,(H,21,23)(H,22,24). The highest BCUT2D eigenvalue weighted by molar-refractivity contribution is 7.17. The van der Waals surface area contributed by atoms with Gasteiger partial charge in [0, 0.05) is 11.4 Å². The normalized spacial score (nSPS) is 10.5. The summed E-state index contributed by atoms with van der Waals surface area (Å²) in [5.74, 6) is -0.685. The van der Waals surface area contributed by atoms with E-state index in [4.69, 9.17) is 0 Å². The Kier molecular flexibility index (Phi) is 5.09. The van der Waals surface area contributed by atoms with Gasteiger partial charge in [0.15, 0.2) is 5.13 Å². The highest BCUT2D eigenvalue weighted by Crippen LogP contribution is 2.28. The summed E-state index contributed by atoms with van der Waals surface area (Å²) in [5.41, 5.74) is 3.22. The summed E-state index contributed by atoms with van der Waals surface area (Å²) in [6, 6.07) is 13.8. The number of carbonyl (C=O) groups excluding carboxylic acids is 1. The molecule has 4 nitrogen and oxygen atoms in total. The van der Waals surface area contributed by atoms with Crippen molar-refractivity contribution >= 4 is 33.8 Å². The molecule has 0 bridgehead atoms. The zero-order valence-electron chi connectivity index (χ0n) is 14.0. The maximum atomic E-state index is 13.2. The average molecular weight is 355 g/mol. The van der Waals surface area contributed by atoms with Gasteiger partial charge >= 0.3 is 0 Å². The van der Waals surface area contributed by atoms with Gasteiger partial charge in [-0.3, -0.25) is 4.79 Å². The highest BCUT2D eigenvalue weighted by Gasteiger charge is 2.16. The smallest absolute Gasteiger partial charge is 0.267 e. The van der Waals surface area contributed by atoms with Crippen molar-refractivity contribution in [1.82, 2.24) is 4.98 Å². The van der Waals surface area contributed by atoms with Gasteiger partial charge in [0.1, 0.15) is 10.7 Å². The van der Waals surface area contributed by atoms with Crippen LogP contribution in [0.5, 0.6) is 0 Å². The van der Waals surface area contributed by atoms with Crippen LogP contribution in [0.3, 0.4) is 0 Å². The first kappa shape index (κ1) is 17.1. The molecule has 0 aliphatic heterocycles. The number of hydrogen-bond donors (Lipinski definition) is 2. The Morgan fingerprint density at radius 3 is 2.76 bits per heavy atom. The fraction of sp³-hybridized carbons (Fsp3) is 0.158. The van der Waals surface area contributed by atoms with Crippen molar-refractivity contribution in [3.8, 4) is 0 Å². The summed E-state index contributed by atoms with van der Waals surface area (Å²) in [6.07, 6.45) is 0.903. The third-order valence-corrected chi connectivity index (χ3v) is 4.80. The Hall–Kier alpha value is -2.73. The van der Waals surface area contributed by atoms with E-state index < -0.39 is 5.82 Å². The van der Waals surface area contributed by atoms with E-state index in [9.17, 15) is 9.18 Å². The Bertz CT molecular complexity index is 907. The summed E-state index contributed by atoms with van der Waals surface area (Å²) in [7, 11) is 0. The molecule has 2 N–H and O–H groups in total. The van der Waals surface area contributed by atoms with E-state index in [1.54, 1.807) is 19.1 Å². The molecule has 0 atom stereocenters.